The number of halogens is 1. The lowest BCUT2D eigenvalue weighted by atomic mass is 9.98. The third kappa shape index (κ3) is 10.2. The van der Waals surface area contributed by atoms with Crippen molar-refractivity contribution in [1.82, 2.24) is 25.4 Å². The zero-order valence-electron chi connectivity index (χ0n) is 19.2. The van der Waals surface area contributed by atoms with Gasteiger partial charge in [0, 0.05) is 39.7 Å². The highest BCUT2D eigenvalue weighted by Crippen LogP contribution is 2.20. The molecule has 2 rings (SSSR count). The molecule has 30 heavy (non-hydrogen) atoms. The summed E-state index contributed by atoms with van der Waals surface area (Å²) in [5.74, 6) is 2.52. The van der Waals surface area contributed by atoms with Crippen molar-refractivity contribution in [1.29, 1.82) is 0 Å². The summed E-state index contributed by atoms with van der Waals surface area (Å²) in [7, 11) is 1.82. The Bertz CT molecular complexity index is 604. The third-order valence-corrected chi connectivity index (χ3v) is 5.80. The van der Waals surface area contributed by atoms with Crippen molar-refractivity contribution in [3.63, 3.8) is 0 Å². The fraction of sp³-hybridized carbons (Fsp3) is 0.857. The number of aromatic nitrogens is 3. The number of guanidine groups is 1. The van der Waals surface area contributed by atoms with E-state index in [0.29, 0.717) is 12.0 Å². The van der Waals surface area contributed by atoms with E-state index in [0.717, 1.165) is 62.4 Å². The smallest absolute Gasteiger partial charge is 0.190 e. The summed E-state index contributed by atoms with van der Waals surface area (Å²) in [4.78, 5) is 4.31. The molecular formula is C21H41IN6OS. The first-order valence-corrected chi connectivity index (χ1v) is 12.4. The number of thioether (sulfide) groups is 1. The van der Waals surface area contributed by atoms with Gasteiger partial charge in [-0.1, -0.05) is 44.9 Å². The van der Waals surface area contributed by atoms with Gasteiger partial charge in [-0.3, -0.25) is 4.99 Å². The number of aliphatic imine (C=N–C) groups is 1. The zero-order valence-corrected chi connectivity index (χ0v) is 22.3. The van der Waals surface area contributed by atoms with Crippen LogP contribution in [0.1, 0.15) is 64.6 Å². The molecule has 0 aromatic carbocycles. The molecule has 1 aromatic heterocycles. The van der Waals surface area contributed by atoms with Gasteiger partial charge in [-0.25, -0.2) is 0 Å². The van der Waals surface area contributed by atoms with E-state index in [1.807, 2.05) is 7.05 Å². The minimum absolute atomic E-state index is 0. The van der Waals surface area contributed by atoms with E-state index < -0.39 is 0 Å². The highest BCUT2D eigenvalue weighted by Gasteiger charge is 2.13. The molecule has 0 saturated heterocycles. The Morgan fingerprint density at radius 1 is 1.17 bits per heavy atom. The van der Waals surface area contributed by atoms with Gasteiger partial charge < -0.3 is 19.9 Å². The first-order valence-electron chi connectivity index (χ1n) is 11.2. The number of nitrogens with one attached hydrogen (secondary N) is 2. The van der Waals surface area contributed by atoms with Crippen LogP contribution in [0.4, 0.5) is 0 Å². The summed E-state index contributed by atoms with van der Waals surface area (Å²) in [6.45, 7) is 8.00. The van der Waals surface area contributed by atoms with Gasteiger partial charge in [-0.2, -0.15) is 0 Å². The van der Waals surface area contributed by atoms with Gasteiger partial charge in [-0.15, -0.1) is 34.2 Å². The number of nitrogens with zero attached hydrogens (tertiary/aromatic N) is 4. The van der Waals surface area contributed by atoms with Gasteiger partial charge in [0.1, 0.15) is 5.82 Å². The van der Waals surface area contributed by atoms with Crippen LogP contribution in [0.5, 0.6) is 0 Å². The molecule has 174 valence electrons. The maximum Gasteiger partial charge on any atom is 0.190 e. The van der Waals surface area contributed by atoms with E-state index in [1.165, 1.54) is 32.1 Å². The molecule has 0 aliphatic heterocycles. The van der Waals surface area contributed by atoms with Crippen LogP contribution in [0.15, 0.2) is 10.1 Å². The zero-order chi connectivity index (χ0) is 20.9. The summed E-state index contributed by atoms with van der Waals surface area (Å²) >= 11 is 1.66. The lowest BCUT2D eigenvalue weighted by Gasteiger charge is -2.22. The maximum absolute atomic E-state index is 5.98. The molecule has 1 aliphatic rings. The second kappa shape index (κ2) is 16.1. The predicted molar refractivity (Wildman–Crippen MR) is 137 cm³/mol. The van der Waals surface area contributed by atoms with Gasteiger partial charge in [0.25, 0.3) is 0 Å². The molecule has 1 aliphatic carbocycles. The van der Waals surface area contributed by atoms with Crippen LogP contribution >= 0.6 is 35.7 Å². The van der Waals surface area contributed by atoms with Crippen LogP contribution in [0.2, 0.25) is 0 Å². The first-order chi connectivity index (χ1) is 14.1. The van der Waals surface area contributed by atoms with Gasteiger partial charge in [-0.05, 0) is 37.9 Å². The molecule has 9 heteroatoms. The van der Waals surface area contributed by atoms with Crippen molar-refractivity contribution in [2.75, 3.05) is 33.0 Å². The van der Waals surface area contributed by atoms with Gasteiger partial charge in [0.05, 0.1) is 6.10 Å². The van der Waals surface area contributed by atoms with Crippen LogP contribution in [-0.2, 0) is 17.7 Å². The molecule has 0 radical (unpaired) electrons. The summed E-state index contributed by atoms with van der Waals surface area (Å²) in [6, 6.07) is 0. The van der Waals surface area contributed by atoms with Crippen LogP contribution < -0.4 is 10.6 Å². The van der Waals surface area contributed by atoms with E-state index in [4.69, 9.17) is 4.74 Å². The van der Waals surface area contributed by atoms with Crippen LogP contribution in [-0.4, -0.2) is 59.8 Å². The molecule has 1 saturated carbocycles. The van der Waals surface area contributed by atoms with Gasteiger partial charge >= 0.3 is 0 Å². The molecule has 0 unspecified atom stereocenters. The highest BCUT2D eigenvalue weighted by molar-refractivity contribution is 14.0. The Hall–Kier alpha value is -0.550. The highest BCUT2D eigenvalue weighted by atomic mass is 127. The van der Waals surface area contributed by atoms with Crippen molar-refractivity contribution in [3.8, 4) is 0 Å². The Kier molecular flexibility index (Phi) is 14.8. The average Bonchev–Trinajstić information content (AvgIpc) is 3.11. The Labute approximate surface area is 204 Å². The Morgan fingerprint density at radius 2 is 1.87 bits per heavy atom. The van der Waals surface area contributed by atoms with Crippen LogP contribution in [0.3, 0.4) is 0 Å². The Morgan fingerprint density at radius 3 is 2.50 bits per heavy atom. The van der Waals surface area contributed by atoms with E-state index in [2.05, 4.69) is 50.5 Å². The van der Waals surface area contributed by atoms with Crippen molar-refractivity contribution in [2.24, 2.45) is 10.9 Å². The largest absolute Gasteiger partial charge is 0.378 e. The van der Waals surface area contributed by atoms with E-state index in [-0.39, 0.29) is 24.0 Å². The minimum atomic E-state index is 0. The van der Waals surface area contributed by atoms with Crippen LogP contribution in [0, 0.1) is 5.92 Å². The summed E-state index contributed by atoms with van der Waals surface area (Å²) in [5.41, 5.74) is 0. The number of ether oxygens (including phenoxy) is 1. The standard InChI is InChI=1S/C21H40N6OS.HI/c1-17(2)16-27-19(25-26-21(27)29-4)12-8-13-23-20(22-3)24-14-9-15-28-18-10-6-5-7-11-18;/h17-18H,5-16H2,1-4H3,(H2,22,23,24);1H. The quantitative estimate of drug-likeness (QED) is 0.134. The van der Waals surface area contributed by atoms with Crippen molar-refractivity contribution in [3.05, 3.63) is 5.82 Å². The molecule has 0 spiro atoms. The normalized spacial score (nSPS) is 15.3. The monoisotopic (exact) mass is 552 g/mol. The van der Waals surface area contributed by atoms with Gasteiger partial charge in [0.2, 0.25) is 0 Å². The number of hydrogen-bond donors (Lipinski definition) is 2. The lowest BCUT2D eigenvalue weighted by Crippen LogP contribution is -2.38. The minimum Gasteiger partial charge on any atom is -0.378 e. The fourth-order valence-corrected chi connectivity index (χ4v) is 4.16. The van der Waals surface area contributed by atoms with E-state index in [1.54, 1.807) is 11.8 Å². The first kappa shape index (κ1) is 27.5. The van der Waals surface area contributed by atoms with Crippen molar-refractivity contribution in [2.45, 2.75) is 83.0 Å². The second-order valence-electron chi connectivity index (χ2n) is 8.12. The predicted octanol–water partition coefficient (Wildman–Crippen LogP) is 4.11. The van der Waals surface area contributed by atoms with E-state index in [9.17, 15) is 0 Å². The molecule has 7 nitrogen and oxygen atoms in total. The van der Waals surface area contributed by atoms with Crippen molar-refractivity contribution >= 4 is 41.7 Å². The SMILES string of the molecule is CN=C(NCCCOC1CCCCC1)NCCCc1nnc(SC)n1CC(C)C.I. The number of rotatable bonds is 12. The molecule has 0 bridgehead atoms. The number of hydrogen-bond acceptors (Lipinski definition) is 5. The Balaban J connectivity index is 0.00000450. The lowest BCUT2D eigenvalue weighted by molar-refractivity contribution is 0.0277. The van der Waals surface area contributed by atoms with Gasteiger partial charge in [0.15, 0.2) is 11.1 Å². The summed E-state index contributed by atoms with van der Waals surface area (Å²) in [6.07, 6.45) is 12.0. The molecule has 2 N–H and O–H groups in total. The molecule has 0 amide bonds. The average molecular weight is 553 g/mol. The number of aryl methyl sites for hydroxylation is 1. The third-order valence-electron chi connectivity index (χ3n) is 5.14. The molecule has 1 heterocycles. The van der Waals surface area contributed by atoms with Crippen molar-refractivity contribution < 1.29 is 4.74 Å². The topological polar surface area (TPSA) is 76.4 Å². The fourth-order valence-electron chi connectivity index (χ4n) is 3.64. The molecule has 1 fully saturated rings. The molecule has 0 atom stereocenters. The van der Waals surface area contributed by atoms with Crippen LogP contribution in [0.25, 0.3) is 0 Å². The maximum atomic E-state index is 5.98. The van der Waals surface area contributed by atoms with E-state index >= 15 is 0 Å². The molecule has 1 aromatic rings. The summed E-state index contributed by atoms with van der Waals surface area (Å²) in [5, 5.41) is 16.5. The second-order valence-corrected chi connectivity index (χ2v) is 8.89. The molecular weight excluding hydrogens is 511 g/mol. The summed E-state index contributed by atoms with van der Waals surface area (Å²) < 4.78 is 8.24.